The zero-order valence-corrected chi connectivity index (χ0v) is 9.88. The molecule has 3 nitrogen and oxygen atoms in total. The zero-order chi connectivity index (χ0) is 12.1. The summed E-state index contributed by atoms with van der Waals surface area (Å²) in [6.07, 6.45) is 1.19. The predicted octanol–water partition coefficient (Wildman–Crippen LogP) is 1.25. The standard InChI is InChI=1S/C14H15NO2/c1-17-14(16)4-2-3-11-5-6-13-10-15-8-7-12(13)9-11/h5-6,9,15H,4,7-8,10H2,1H3. The van der Waals surface area contributed by atoms with Crippen LogP contribution < -0.4 is 5.32 Å². The summed E-state index contributed by atoms with van der Waals surface area (Å²) in [5.74, 6) is 5.52. The first-order valence-electron chi connectivity index (χ1n) is 5.68. The number of benzene rings is 1. The van der Waals surface area contributed by atoms with E-state index in [1.807, 2.05) is 6.07 Å². The van der Waals surface area contributed by atoms with Gasteiger partial charge >= 0.3 is 5.97 Å². The number of carbonyl (C=O) groups is 1. The molecule has 1 N–H and O–H groups in total. The quantitative estimate of drug-likeness (QED) is 0.582. The van der Waals surface area contributed by atoms with Crippen LogP contribution in [0.5, 0.6) is 0 Å². The summed E-state index contributed by atoms with van der Waals surface area (Å²) in [5.41, 5.74) is 3.66. The topological polar surface area (TPSA) is 38.3 Å². The van der Waals surface area contributed by atoms with Crippen molar-refractivity contribution < 1.29 is 9.53 Å². The molecule has 0 radical (unpaired) electrons. The van der Waals surface area contributed by atoms with Crippen molar-refractivity contribution in [3.63, 3.8) is 0 Å². The van der Waals surface area contributed by atoms with E-state index in [1.54, 1.807) is 0 Å². The Morgan fingerprint density at radius 1 is 1.47 bits per heavy atom. The van der Waals surface area contributed by atoms with Crippen LogP contribution in [0.4, 0.5) is 0 Å². The summed E-state index contributed by atoms with van der Waals surface area (Å²) in [5, 5.41) is 3.33. The van der Waals surface area contributed by atoms with Crippen LogP contribution in [-0.2, 0) is 22.5 Å². The molecule has 17 heavy (non-hydrogen) atoms. The Kier molecular flexibility index (Phi) is 3.79. The van der Waals surface area contributed by atoms with Crippen LogP contribution in [-0.4, -0.2) is 19.6 Å². The van der Waals surface area contributed by atoms with Crippen molar-refractivity contribution >= 4 is 5.97 Å². The fourth-order valence-electron chi connectivity index (χ4n) is 1.85. The molecular weight excluding hydrogens is 214 g/mol. The van der Waals surface area contributed by atoms with Gasteiger partial charge in [0.2, 0.25) is 0 Å². The fraction of sp³-hybridized carbons (Fsp3) is 0.357. The van der Waals surface area contributed by atoms with Gasteiger partial charge in [-0.3, -0.25) is 4.79 Å². The fourth-order valence-corrected chi connectivity index (χ4v) is 1.85. The Hall–Kier alpha value is -1.79. The maximum Gasteiger partial charge on any atom is 0.317 e. The van der Waals surface area contributed by atoms with Crippen molar-refractivity contribution in [2.75, 3.05) is 13.7 Å². The summed E-state index contributed by atoms with van der Waals surface area (Å²) in [7, 11) is 1.37. The third kappa shape index (κ3) is 3.08. The Morgan fingerprint density at radius 3 is 3.18 bits per heavy atom. The van der Waals surface area contributed by atoms with Crippen molar-refractivity contribution in [1.29, 1.82) is 0 Å². The first kappa shape index (κ1) is 11.7. The number of rotatable bonds is 1. The zero-order valence-electron chi connectivity index (χ0n) is 9.88. The first-order chi connectivity index (χ1) is 8.29. The maximum absolute atomic E-state index is 10.9. The maximum atomic E-state index is 10.9. The van der Waals surface area contributed by atoms with E-state index in [-0.39, 0.29) is 12.4 Å². The highest BCUT2D eigenvalue weighted by molar-refractivity contribution is 5.72. The molecule has 0 aromatic heterocycles. The number of esters is 1. The van der Waals surface area contributed by atoms with Crippen molar-refractivity contribution in [3.8, 4) is 11.8 Å². The number of nitrogens with one attached hydrogen (secondary N) is 1. The molecule has 0 saturated heterocycles. The average Bonchev–Trinajstić information content (AvgIpc) is 2.38. The van der Waals surface area contributed by atoms with E-state index in [4.69, 9.17) is 0 Å². The Labute approximate surface area is 101 Å². The summed E-state index contributed by atoms with van der Waals surface area (Å²) >= 11 is 0. The second-order valence-corrected chi connectivity index (χ2v) is 3.96. The number of fused-ring (bicyclic) bond motifs is 1. The lowest BCUT2D eigenvalue weighted by Crippen LogP contribution is -2.23. The lowest BCUT2D eigenvalue weighted by Gasteiger charge is -2.16. The molecule has 0 unspecified atom stereocenters. The van der Waals surface area contributed by atoms with E-state index in [0.29, 0.717) is 0 Å². The Bertz CT molecular complexity index is 483. The van der Waals surface area contributed by atoms with Crippen molar-refractivity contribution in [2.24, 2.45) is 0 Å². The summed E-state index contributed by atoms with van der Waals surface area (Å²) < 4.78 is 4.53. The molecule has 0 spiro atoms. The van der Waals surface area contributed by atoms with Gasteiger partial charge in [0.1, 0.15) is 6.42 Å². The van der Waals surface area contributed by atoms with Crippen LogP contribution in [0.1, 0.15) is 23.1 Å². The second-order valence-electron chi connectivity index (χ2n) is 3.96. The lowest BCUT2D eigenvalue weighted by atomic mass is 9.98. The van der Waals surface area contributed by atoms with E-state index in [2.05, 4.69) is 34.0 Å². The molecule has 0 saturated carbocycles. The van der Waals surface area contributed by atoms with E-state index < -0.39 is 0 Å². The van der Waals surface area contributed by atoms with Crippen molar-refractivity contribution in [2.45, 2.75) is 19.4 Å². The van der Waals surface area contributed by atoms with Gasteiger partial charge in [-0.25, -0.2) is 0 Å². The SMILES string of the molecule is COC(=O)CC#Cc1ccc2c(c1)CCNC2. The average molecular weight is 229 g/mol. The third-order valence-electron chi connectivity index (χ3n) is 2.79. The van der Waals surface area contributed by atoms with E-state index in [0.717, 1.165) is 25.1 Å². The molecule has 2 rings (SSSR count). The molecule has 0 amide bonds. The van der Waals surface area contributed by atoms with Crippen LogP contribution in [0, 0.1) is 11.8 Å². The minimum Gasteiger partial charge on any atom is -0.468 e. The van der Waals surface area contributed by atoms with Crippen LogP contribution in [0.15, 0.2) is 18.2 Å². The lowest BCUT2D eigenvalue weighted by molar-refractivity contribution is -0.139. The summed E-state index contributed by atoms with van der Waals surface area (Å²) in [6.45, 7) is 1.96. The number of ether oxygens (including phenoxy) is 1. The van der Waals surface area contributed by atoms with Crippen LogP contribution in [0.25, 0.3) is 0 Å². The molecule has 1 aromatic rings. The molecule has 1 heterocycles. The van der Waals surface area contributed by atoms with Gasteiger partial charge in [0, 0.05) is 12.1 Å². The largest absolute Gasteiger partial charge is 0.468 e. The highest BCUT2D eigenvalue weighted by atomic mass is 16.5. The molecular formula is C14H15NO2. The molecule has 0 aliphatic carbocycles. The number of hydrogen-bond donors (Lipinski definition) is 1. The second kappa shape index (κ2) is 5.51. The van der Waals surface area contributed by atoms with Crippen LogP contribution in [0.2, 0.25) is 0 Å². The van der Waals surface area contributed by atoms with Crippen molar-refractivity contribution in [3.05, 3.63) is 34.9 Å². The normalized spacial score (nSPS) is 13.2. The molecule has 1 aliphatic heterocycles. The molecule has 0 fully saturated rings. The van der Waals surface area contributed by atoms with Crippen LogP contribution >= 0.6 is 0 Å². The minimum absolute atomic E-state index is 0.148. The first-order valence-corrected chi connectivity index (χ1v) is 5.68. The van der Waals surface area contributed by atoms with Crippen molar-refractivity contribution in [1.82, 2.24) is 5.32 Å². The van der Waals surface area contributed by atoms with E-state index >= 15 is 0 Å². The van der Waals surface area contributed by atoms with Gasteiger partial charge in [-0.15, -0.1) is 0 Å². The van der Waals surface area contributed by atoms with Gasteiger partial charge in [0.25, 0.3) is 0 Å². The van der Waals surface area contributed by atoms with Gasteiger partial charge in [0.15, 0.2) is 0 Å². The van der Waals surface area contributed by atoms with Gasteiger partial charge < -0.3 is 10.1 Å². The van der Waals surface area contributed by atoms with E-state index in [9.17, 15) is 4.79 Å². The summed E-state index contributed by atoms with van der Waals surface area (Å²) in [4.78, 5) is 10.9. The summed E-state index contributed by atoms with van der Waals surface area (Å²) in [6, 6.07) is 6.21. The van der Waals surface area contributed by atoms with Crippen LogP contribution in [0.3, 0.4) is 0 Å². The number of methoxy groups -OCH3 is 1. The molecule has 88 valence electrons. The molecule has 1 aromatic carbocycles. The highest BCUT2D eigenvalue weighted by Gasteiger charge is 2.07. The highest BCUT2D eigenvalue weighted by Crippen LogP contribution is 2.15. The van der Waals surface area contributed by atoms with Gasteiger partial charge in [-0.2, -0.15) is 0 Å². The molecule has 0 atom stereocenters. The monoisotopic (exact) mass is 229 g/mol. The Morgan fingerprint density at radius 2 is 2.35 bits per heavy atom. The molecule has 1 aliphatic rings. The smallest absolute Gasteiger partial charge is 0.317 e. The van der Waals surface area contributed by atoms with Gasteiger partial charge in [-0.05, 0) is 36.2 Å². The molecule has 0 bridgehead atoms. The third-order valence-corrected chi connectivity index (χ3v) is 2.79. The number of carbonyl (C=O) groups excluding carboxylic acids is 1. The Balaban J connectivity index is 2.09. The molecule has 3 heteroatoms. The predicted molar refractivity (Wildman–Crippen MR) is 65.4 cm³/mol. The van der Waals surface area contributed by atoms with Gasteiger partial charge in [0.05, 0.1) is 7.11 Å². The van der Waals surface area contributed by atoms with Gasteiger partial charge in [-0.1, -0.05) is 17.9 Å². The number of hydrogen-bond acceptors (Lipinski definition) is 3. The van der Waals surface area contributed by atoms with E-state index in [1.165, 1.54) is 18.2 Å². The minimum atomic E-state index is -0.292.